The lowest BCUT2D eigenvalue weighted by atomic mass is 9.99. The fourth-order valence-electron chi connectivity index (χ4n) is 4.67. The van der Waals surface area contributed by atoms with Crippen molar-refractivity contribution in [2.75, 3.05) is 26.2 Å². The molecule has 0 spiro atoms. The number of benzene rings is 1. The molecule has 17 nitrogen and oxygen atoms in total. The number of alkyl halides is 3. The first-order valence-electron chi connectivity index (χ1n) is 15.7. The van der Waals surface area contributed by atoms with Crippen LogP contribution >= 0.6 is 0 Å². The fourth-order valence-corrected chi connectivity index (χ4v) is 4.67. The third-order valence-electron chi connectivity index (χ3n) is 7.19. The number of guanidine groups is 1. The molecule has 0 aliphatic carbocycles. The highest BCUT2D eigenvalue weighted by Crippen LogP contribution is 2.15. The van der Waals surface area contributed by atoms with Crippen molar-refractivity contribution in [3.63, 3.8) is 0 Å². The van der Waals surface area contributed by atoms with Crippen molar-refractivity contribution < 1.29 is 51.8 Å². The third kappa shape index (κ3) is 15.4. The van der Waals surface area contributed by atoms with Gasteiger partial charge < -0.3 is 47.9 Å². The van der Waals surface area contributed by atoms with Crippen molar-refractivity contribution in [2.24, 2.45) is 22.4 Å². The first kappa shape index (κ1) is 41.0. The summed E-state index contributed by atoms with van der Waals surface area (Å²) in [6.45, 7) is 2.39. The molecule has 1 unspecified atom stereocenters. The molecule has 0 bridgehead atoms. The molecule has 0 saturated carbocycles. The second kappa shape index (κ2) is 19.8. The van der Waals surface area contributed by atoms with E-state index in [4.69, 9.17) is 16.2 Å². The van der Waals surface area contributed by atoms with Crippen LogP contribution in [0.25, 0.3) is 0 Å². The maximum Gasteiger partial charge on any atom is 0.457 e. The van der Waals surface area contributed by atoms with Crippen LogP contribution in [-0.4, -0.2) is 103 Å². The lowest BCUT2D eigenvalue weighted by Gasteiger charge is -2.27. The molecular formula is C30H44F3N9O8. The van der Waals surface area contributed by atoms with Crippen LogP contribution in [-0.2, 0) is 35.2 Å². The predicted molar refractivity (Wildman–Crippen MR) is 172 cm³/mol. The molecule has 11 N–H and O–H groups in total. The van der Waals surface area contributed by atoms with Gasteiger partial charge >= 0.3 is 12.3 Å². The first-order valence-corrected chi connectivity index (χ1v) is 15.7. The number of hydrogen-bond donors (Lipinski definition) is 9. The van der Waals surface area contributed by atoms with E-state index in [1.807, 2.05) is 0 Å². The lowest BCUT2D eigenvalue weighted by Crippen LogP contribution is -2.59. The minimum Gasteiger partial charge on any atom is -0.494 e. The van der Waals surface area contributed by atoms with Crippen LogP contribution in [0.4, 0.5) is 13.2 Å². The summed E-state index contributed by atoms with van der Waals surface area (Å²) >= 11 is 0. The monoisotopic (exact) mass is 715 g/mol. The number of rotatable bonds is 14. The van der Waals surface area contributed by atoms with Gasteiger partial charge in [0.25, 0.3) is 0 Å². The molecule has 50 heavy (non-hydrogen) atoms. The average molecular weight is 716 g/mol. The Morgan fingerprint density at radius 2 is 1.58 bits per heavy atom. The molecule has 5 amide bonds. The van der Waals surface area contributed by atoms with Gasteiger partial charge in [-0.2, -0.15) is 13.2 Å². The molecule has 0 radical (unpaired) electrons. The van der Waals surface area contributed by atoms with Gasteiger partial charge in [0, 0.05) is 19.5 Å². The van der Waals surface area contributed by atoms with Crippen molar-refractivity contribution in [1.29, 1.82) is 0 Å². The summed E-state index contributed by atoms with van der Waals surface area (Å²) in [5.74, 6) is -6.03. The number of amides is 5. The molecule has 1 heterocycles. The number of nitrogens with zero attached hydrogens (tertiary/aromatic N) is 1. The molecule has 20 heteroatoms. The van der Waals surface area contributed by atoms with E-state index in [9.17, 15) is 47.0 Å². The zero-order valence-electron chi connectivity index (χ0n) is 27.6. The van der Waals surface area contributed by atoms with Gasteiger partial charge in [0.2, 0.25) is 29.5 Å². The zero-order chi connectivity index (χ0) is 37.4. The summed E-state index contributed by atoms with van der Waals surface area (Å²) in [7, 11) is 0. The molecule has 1 aliphatic rings. The van der Waals surface area contributed by atoms with Crippen LogP contribution < -0.4 is 48.1 Å². The van der Waals surface area contributed by atoms with Crippen LogP contribution in [0.5, 0.6) is 5.75 Å². The topological polar surface area (TPSA) is 268 Å². The van der Waals surface area contributed by atoms with Gasteiger partial charge in [-0.05, 0) is 42.9 Å². The van der Waals surface area contributed by atoms with Gasteiger partial charge in [-0.25, -0.2) is 5.32 Å². The molecule has 4 atom stereocenters. The lowest BCUT2D eigenvalue weighted by molar-refractivity contribution is -0.157. The smallest absolute Gasteiger partial charge is 0.457 e. The molecule has 278 valence electrons. The molecule has 2 rings (SSSR count). The Morgan fingerprint density at radius 1 is 0.940 bits per heavy atom. The summed E-state index contributed by atoms with van der Waals surface area (Å²) in [6, 6.07) is 0.706. The number of hydrogen-bond acceptors (Lipinski definition) is 9. The second-order valence-corrected chi connectivity index (χ2v) is 11.7. The zero-order valence-corrected chi connectivity index (χ0v) is 27.6. The molecular weight excluding hydrogens is 671 g/mol. The number of carbonyl (C=O) groups excluding carboxylic acids is 5. The van der Waals surface area contributed by atoms with Crippen LogP contribution in [0.2, 0.25) is 0 Å². The normalized spacial score (nSPS) is 21.0. The number of ether oxygens (including phenoxy) is 1. The van der Waals surface area contributed by atoms with Crippen LogP contribution in [0.15, 0.2) is 29.3 Å². The molecule has 1 saturated heterocycles. The van der Waals surface area contributed by atoms with Crippen LogP contribution in [0.1, 0.15) is 45.1 Å². The van der Waals surface area contributed by atoms with Crippen molar-refractivity contribution >= 4 is 41.5 Å². The summed E-state index contributed by atoms with van der Waals surface area (Å²) in [6.07, 6.45) is -5.16. The SMILES string of the molecule is CC(C)[C@H]1NC(=O)C(CCCN=C(N)N)NC(=O)CNC(=O)[C@@H](CC(=O)O)NC(=O)[C@@H](Cc2ccc(OCCCNC(F)(F)F)cc2)NC1=O. The Labute approximate surface area is 285 Å². The molecule has 1 aromatic rings. The number of aliphatic imine (C=N–C) groups is 1. The quantitative estimate of drug-likeness (QED) is 0.0456. The molecule has 1 aromatic carbocycles. The maximum absolute atomic E-state index is 13.6. The minimum atomic E-state index is -4.50. The van der Waals surface area contributed by atoms with E-state index in [1.54, 1.807) is 26.0 Å². The van der Waals surface area contributed by atoms with Gasteiger partial charge in [-0.1, -0.05) is 26.0 Å². The summed E-state index contributed by atoms with van der Waals surface area (Å²) < 4.78 is 42.2. The van der Waals surface area contributed by atoms with Crippen molar-refractivity contribution in [3.8, 4) is 5.75 Å². The number of carbonyl (C=O) groups is 6. The number of aliphatic carboxylic acids is 1. The van der Waals surface area contributed by atoms with Gasteiger partial charge in [0.1, 0.15) is 29.9 Å². The Hall–Kier alpha value is -5.14. The van der Waals surface area contributed by atoms with Crippen molar-refractivity contribution in [2.45, 2.75) is 76.4 Å². The van der Waals surface area contributed by atoms with E-state index in [1.165, 1.54) is 17.4 Å². The molecule has 1 fully saturated rings. The van der Waals surface area contributed by atoms with E-state index >= 15 is 0 Å². The van der Waals surface area contributed by atoms with E-state index < -0.39 is 84.9 Å². The highest BCUT2D eigenvalue weighted by Gasteiger charge is 2.34. The van der Waals surface area contributed by atoms with Crippen molar-refractivity contribution in [3.05, 3.63) is 29.8 Å². The third-order valence-corrected chi connectivity index (χ3v) is 7.19. The number of halogens is 3. The average Bonchev–Trinajstić information content (AvgIpc) is 3.02. The Morgan fingerprint density at radius 3 is 2.18 bits per heavy atom. The first-order chi connectivity index (χ1) is 23.4. The predicted octanol–water partition coefficient (Wildman–Crippen LogP) is -1.64. The summed E-state index contributed by atoms with van der Waals surface area (Å²) in [5, 5.41) is 23.1. The number of carboxylic acids is 1. The van der Waals surface area contributed by atoms with Crippen molar-refractivity contribution in [1.82, 2.24) is 31.9 Å². The number of nitrogens with one attached hydrogen (secondary N) is 6. The largest absolute Gasteiger partial charge is 0.494 e. The number of carboxylic acid groups (broad SMARTS) is 1. The summed E-state index contributed by atoms with van der Waals surface area (Å²) in [5.41, 5.74) is 11.2. The fraction of sp³-hybridized carbons (Fsp3) is 0.567. The molecule has 1 aliphatic heterocycles. The van der Waals surface area contributed by atoms with Gasteiger partial charge in [-0.3, -0.25) is 33.8 Å². The van der Waals surface area contributed by atoms with Gasteiger partial charge in [0.15, 0.2) is 5.96 Å². The summed E-state index contributed by atoms with van der Waals surface area (Å²) in [4.78, 5) is 81.6. The second-order valence-electron chi connectivity index (χ2n) is 11.7. The highest BCUT2D eigenvalue weighted by molar-refractivity contribution is 5.98. The van der Waals surface area contributed by atoms with E-state index in [2.05, 4.69) is 31.6 Å². The number of nitrogens with two attached hydrogens (primary N) is 2. The maximum atomic E-state index is 13.6. The Bertz CT molecular complexity index is 1370. The standard InChI is InChI=1S/C30H44F3N9O8/c1-16(2)24-28(49)41-20(13-17-6-8-18(9-7-17)50-12-4-11-38-30(31,32)33)27(48)40-21(14-23(44)45)25(46)37-15-22(43)39-19(26(47)42-24)5-3-10-36-29(34)35/h6-9,16,19-21,24,38H,3-5,10-15H2,1-2H3,(H,37,46)(H,39,43)(H,40,48)(H,41,49)(H,42,47)(H,44,45)(H4,34,35,36)/t19?,20-,21-,24-/m1/s1. The van der Waals surface area contributed by atoms with Gasteiger partial charge in [0.05, 0.1) is 19.6 Å². The van der Waals surface area contributed by atoms with E-state index in [-0.39, 0.29) is 51.3 Å². The Kier molecular flexibility index (Phi) is 16.2. The molecule has 0 aromatic heterocycles. The van der Waals surface area contributed by atoms with E-state index in [0.29, 0.717) is 11.3 Å². The van der Waals surface area contributed by atoms with Crippen LogP contribution in [0.3, 0.4) is 0 Å². The van der Waals surface area contributed by atoms with Crippen LogP contribution in [0, 0.1) is 5.92 Å². The Balaban J connectivity index is 2.34. The van der Waals surface area contributed by atoms with Gasteiger partial charge in [-0.15, -0.1) is 0 Å². The highest BCUT2D eigenvalue weighted by atomic mass is 19.4. The minimum absolute atomic E-state index is 0.0168. The van der Waals surface area contributed by atoms with E-state index in [0.717, 1.165) is 0 Å².